The van der Waals surface area contributed by atoms with Crippen LogP contribution >= 0.6 is 23.8 Å². The SMILES string of the molecule is CCc1cccc(Nc2cccc(Cl)c2C(N)=S)c1. The summed E-state index contributed by atoms with van der Waals surface area (Å²) in [5.74, 6) is 0. The molecule has 98 valence electrons. The van der Waals surface area contributed by atoms with Gasteiger partial charge in [0.2, 0.25) is 0 Å². The van der Waals surface area contributed by atoms with Crippen molar-refractivity contribution in [1.29, 1.82) is 0 Å². The lowest BCUT2D eigenvalue weighted by Crippen LogP contribution is -2.12. The average molecular weight is 291 g/mol. The highest BCUT2D eigenvalue weighted by Crippen LogP contribution is 2.27. The van der Waals surface area contributed by atoms with Crippen LogP contribution in [-0.2, 0) is 6.42 Å². The summed E-state index contributed by atoms with van der Waals surface area (Å²) in [5, 5.41) is 3.88. The van der Waals surface area contributed by atoms with E-state index in [9.17, 15) is 0 Å². The lowest BCUT2D eigenvalue weighted by molar-refractivity contribution is 1.14. The van der Waals surface area contributed by atoms with E-state index in [1.807, 2.05) is 24.3 Å². The molecule has 0 heterocycles. The van der Waals surface area contributed by atoms with Crippen LogP contribution in [0, 0.1) is 0 Å². The number of nitrogens with one attached hydrogen (secondary N) is 1. The Kier molecular flexibility index (Phi) is 4.40. The van der Waals surface area contributed by atoms with Crippen molar-refractivity contribution in [3.05, 3.63) is 58.6 Å². The monoisotopic (exact) mass is 290 g/mol. The smallest absolute Gasteiger partial charge is 0.107 e. The van der Waals surface area contributed by atoms with Gasteiger partial charge in [-0.05, 0) is 36.2 Å². The third-order valence-corrected chi connectivity index (χ3v) is 3.39. The summed E-state index contributed by atoms with van der Waals surface area (Å²) in [7, 11) is 0. The Morgan fingerprint density at radius 1 is 1.26 bits per heavy atom. The van der Waals surface area contributed by atoms with E-state index >= 15 is 0 Å². The fourth-order valence-electron chi connectivity index (χ4n) is 1.90. The number of hydrogen-bond donors (Lipinski definition) is 2. The Morgan fingerprint density at radius 3 is 2.68 bits per heavy atom. The largest absolute Gasteiger partial charge is 0.389 e. The zero-order valence-corrected chi connectivity index (χ0v) is 12.2. The van der Waals surface area contributed by atoms with Gasteiger partial charge in [0.25, 0.3) is 0 Å². The molecule has 0 atom stereocenters. The maximum atomic E-state index is 6.14. The Hall–Kier alpha value is -1.58. The van der Waals surface area contributed by atoms with Gasteiger partial charge < -0.3 is 11.1 Å². The number of benzene rings is 2. The molecular weight excluding hydrogens is 276 g/mol. The molecule has 19 heavy (non-hydrogen) atoms. The van der Waals surface area contributed by atoms with Crippen LogP contribution in [0.2, 0.25) is 5.02 Å². The average Bonchev–Trinajstić information content (AvgIpc) is 2.38. The molecule has 0 saturated carbocycles. The summed E-state index contributed by atoms with van der Waals surface area (Å²) >= 11 is 11.2. The van der Waals surface area contributed by atoms with Gasteiger partial charge in [-0.2, -0.15) is 0 Å². The van der Waals surface area contributed by atoms with Crippen LogP contribution < -0.4 is 11.1 Å². The van der Waals surface area contributed by atoms with Crippen LogP contribution in [0.1, 0.15) is 18.1 Å². The minimum absolute atomic E-state index is 0.291. The number of rotatable bonds is 4. The molecule has 4 heteroatoms. The lowest BCUT2D eigenvalue weighted by Gasteiger charge is -2.13. The van der Waals surface area contributed by atoms with Crippen molar-refractivity contribution in [2.75, 3.05) is 5.32 Å². The van der Waals surface area contributed by atoms with Crippen molar-refractivity contribution in [2.45, 2.75) is 13.3 Å². The van der Waals surface area contributed by atoms with Gasteiger partial charge in [0.15, 0.2) is 0 Å². The summed E-state index contributed by atoms with van der Waals surface area (Å²) in [6.45, 7) is 2.12. The van der Waals surface area contributed by atoms with E-state index in [1.54, 1.807) is 6.07 Å². The second kappa shape index (κ2) is 6.04. The van der Waals surface area contributed by atoms with Crippen molar-refractivity contribution in [3.63, 3.8) is 0 Å². The molecule has 0 fully saturated rings. The highest BCUT2D eigenvalue weighted by molar-refractivity contribution is 7.80. The molecule has 0 amide bonds. The van der Waals surface area contributed by atoms with Gasteiger partial charge in [0.1, 0.15) is 4.99 Å². The number of anilines is 2. The number of thiocarbonyl (C=S) groups is 1. The van der Waals surface area contributed by atoms with E-state index in [0.717, 1.165) is 17.8 Å². The van der Waals surface area contributed by atoms with Gasteiger partial charge >= 0.3 is 0 Å². The van der Waals surface area contributed by atoms with Crippen molar-refractivity contribution in [2.24, 2.45) is 5.73 Å². The predicted molar refractivity (Wildman–Crippen MR) is 86.4 cm³/mol. The summed E-state index contributed by atoms with van der Waals surface area (Å²) in [6.07, 6.45) is 0.993. The molecule has 0 aromatic heterocycles. The highest BCUT2D eigenvalue weighted by Gasteiger charge is 2.09. The molecule has 0 aliphatic carbocycles. The number of aryl methyl sites for hydroxylation is 1. The first-order valence-corrected chi connectivity index (χ1v) is 6.84. The molecule has 0 radical (unpaired) electrons. The third kappa shape index (κ3) is 3.25. The fraction of sp³-hybridized carbons (Fsp3) is 0.133. The van der Waals surface area contributed by atoms with E-state index < -0.39 is 0 Å². The molecule has 0 aliphatic rings. The maximum absolute atomic E-state index is 6.14. The Bertz CT molecular complexity index is 611. The van der Waals surface area contributed by atoms with Crippen LogP contribution in [0.25, 0.3) is 0 Å². The zero-order chi connectivity index (χ0) is 13.8. The van der Waals surface area contributed by atoms with Crippen molar-refractivity contribution < 1.29 is 0 Å². The van der Waals surface area contributed by atoms with Crippen molar-refractivity contribution in [1.82, 2.24) is 0 Å². The molecule has 0 saturated heterocycles. The van der Waals surface area contributed by atoms with Crippen LogP contribution in [0.3, 0.4) is 0 Å². The summed E-state index contributed by atoms with van der Waals surface area (Å²) in [5.41, 5.74) is 9.51. The lowest BCUT2D eigenvalue weighted by atomic mass is 10.1. The van der Waals surface area contributed by atoms with Gasteiger partial charge in [-0.25, -0.2) is 0 Å². The Morgan fingerprint density at radius 2 is 2.00 bits per heavy atom. The Labute approximate surface area is 123 Å². The van der Waals surface area contributed by atoms with E-state index in [0.29, 0.717) is 15.6 Å². The summed E-state index contributed by atoms with van der Waals surface area (Å²) in [4.78, 5) is 0.291. The first-order valence-electron chi connectivity index (χ1n) is 6.06. The quantitative estimate of drug-likeness (QED) is 0.826. The normalized spacial score (nSPS) is 10.2. The summed E-state index contributed by atoms with van der Waals surface area (Å²) in [6, 6.07) is 13.8. The second-order valence-corrected chi connectivity index (χ2v) is 5.05. The van der Waals surface area contributed by atoms with E-state index in [4.69, 9.17) is 29.6 Å². The second-order valence-electron chi connectivity index (χ2n) is 4.21. The fourth-order valence-corrected chi connectivity index (χ4v) is 2.46. The maximum Gasteiger partial charge on any atom is 0.107 e. The molecular formula is C15H15ClN2S. The van der Waals surface area contributed by atoms with Crippen LogP contribution in [0.15, 0.2) is 42.5 Å². The van der Waals surface area contributed by atoms with Gasteiger partial charge in [-0.15, -0.1) is 0 Å². The molecule has 2 aromatic rings. The third-order valence-electron chi connectivity index (χ3n) is 2.87. The molecule has 2 aromatic carbocycles. The highest BCUT2D eigenvalue weighted by atomic mass is 35.5. The summed E-state index contributed by atoms with van der Waals surface area (Å²) < 4.78 is 0. The van der Waals surface area contributed by atoms with Gasteiger partial charge in [-0.3, -0.25) is 0 Å². The molecule has 2 nitrogen and oxygen atoms in total. The number of nitrogens with two attached hydrogens (primary N) is 1. The topological polar surface area (TPSA) is 38.0 Å². The van der Waals surface area contributed by atoms with E-state index in [1.165, 1.54) is 5.56 Å². The van der Waals surface area contributed by atoms with Crippen LogP contribution in [-0.4, -0.2) is 4.99 Å². The minimum atomic E-state index is 0.291. The molecule has 0 unspecified atom stereocenters. The van der Waals surface area contributed by atoms with Gasteiger partial charge in [0, 0.05) is 5.69 Å². The molecule has 2 rings (SSSR count). The van der Waals surface area contributed by atoms with Crippen molar-refractivity contribution in [3.8, 4) is 0 Å². The first-order chi connectivity index (χ1) is 9.11. The number of halogens is 1. The standard InChI is InChI=1S/C15H15ClN2S/c1-2-10-5-3-6-11(9-10)18-13-8-4-7-12(16)14(13)15(17)19/h3-9,18H,2H2,1H3,(H2,17,19). The molecule has 0 bridgehead atoms. The Balaban J connectivity index is 2.38. The van der Waals surface area contributed by atoms with E-state index in [-0.39, 0.29) is 0 Å². The van der Waals surface area contributed by atoms with Crippen LogP contribution in [0.5, 0.6) is 0 Å². The molecule has 0 spiro atoms. The van der Waals surface area contributed by atoms with Gasteiger partial charge in [-0.1, -0.05) is 48.9 Å². The number of hydrogen-bond acceptors (Lipinski definition) is 2. The minimum Gasteiger partial charge on any atom is -0.389 e. The molecule has 3 N–H and O–H groups in total. The van der Waals surface area contributed by atoms with Crippen LogP contribution in [0.4, 0.5) is 11.4 Å². The molecule has 0 aliphatic heterocycles. The van der Waals surface area contributed by atoms with Crippen molar-refractivity contribution >= 4 is 40.2 Å². The van der Waals surface area contributed by atoms with Gasteiger partial charge in [0.05, 0.1) is 16.3 Å². The van der Waals surface area contributed by atoms with E-state index in [2.05, 4.69) is 24.4 Å². The predicted octanol–water partition coefficient (Wildman–Crippen LogP) is 4.28. The first kappa shape index (κ1) is 13.8. The zero-order valence-electron chi connectivity index (χ0n) is 10.6.